The summed E-state index contributed by atoms with van der Waals surface area (Å²) in [6.07, 6.45) is 4.65. The van der Waals surface area contributed by atoms with Crippen LogP contribution in [-0.2, 0) is 24.7 Å². The number of Topliss-reactive ketones (excluding diaryl/α,β-unsaturated/α-hetero) is 1. The highest BCUT2D eigenvalue weighted by Gasteiger charge is 2.17. The van der Waals surface area contributed by atoms with E-state index in [1.165, 1.54) is 17.5 Å². The molecule has 176 valence electrons. The summed E-state index contributed by atoms with van der Waals surface area (Å²) in [5.41, 5.74) is 3.89. The number of aliphatic carboxylic acids is 1. The number of halogens is 1. The van der Waals surface area contributed by atoms with Crippen LogP contribution < -0.4 is 5.32 Å². The SMILES string of the molecule is Cn1cc(C(=O)Cc2cc(-c3nnc(Nc4ccc5[nH]ncc5c4Cl)s3)ccc2CC(=O)O)cn1. The van der Waals surface area contributed by atoms with Gasteiger partial charge in [-0.15, -0.1) is 10.2 Å². The fraction of sp³-hybridized carbons (Fsp3) is 0.130. The number of nitrogens with one attached hydrogen (secondary N) is 2. The van der Waals surface area contributed by atoms with Gasteiger partial charge < -0.3 is 10.4 Å². The predicted molar refractivity (Wildman–Crippen MR) is 132 cm³/mol. The van der Waals surface area contributed by atoms with Crippen molar-refractivity contribution in [2.75, 3.05) is 5.32 Å². The van der Waals surface area contributed by atoms with Crippen molar-refractivity contribution in [3.8, 4) is 10.6 Å². The summed E-state index contributed by atoms with van der Waals surface area (Å²) in [4.78, 5) is 24.1. The van der Waals surface area contributed by atoms with Gasteiger partial charge in [-0.1, -0.05) is 35.1 Å². The quantitative estimate of drug-likeness (QED) is 0.265. The third-order valence-corrected chi connectivity index (χ3v) is 6.69. The van der Waals surface area contributed by atoms with Gasteiger partial charge in [0.05, 0.1) is 40.6 Å². The Hall–Kier alpha value is -4.09. The topological polar surface area (TPSA) is 139 Å². The average Bonchev–Trinajstić information content (AvgIpc) is 3.58. The van der Waals surface area contributed by atoms with Gasteiger partial charge in [0.15, 0.2) is 5.78 Å². The fourth-order valence-corrected chi connectivity index (χ4v) is 4.70. The molecule has 0 spiro atoms. The molecule has 0 radical (unpaired) electrons. The smallest absolute Gasteiger partial charge is 0.307 e. The normalized spacial score (nSPS) is 11.1. The average molecular weight is 508 g/mol. The molecule has 0 aliphatic heterocycles. The number of carbonyl (C=O) groups is 2. The van der Waals surface area contributed by atoms with Crippen molar-refractivity contribution in [3.63, 3.8) is 0 Å². The molecule has 3 heterocycles. The van der Waals surface area contributed by atoms with Gasteiger partial charge in [0.1, 0.15) is 5.01 Å². The highest BCUT2D eigenvalue weighted by molar-refractivity contribution is 7.18. The minimum Gasteiger partial charge on any atom is -0.481 e. The predicted octanol–water partition coefficient (Wildman–Crippen LogP) is 4.26. The summed E-state index contributed by atoms with van der Waals surface area (Å²) in [5.74, 6) is -1.12. The summed E-state index contributed by atoms with van der Waals surface area (Å²) in [7, 11) is 1.73. The van der Waals surface area contributed by atoms with Gasteiger partial charge in [0.2, 0.25) is 5.13 Å². The number of fused-ring (bicyclic) bond motifs is 1. The van der Waals surface area contributed by atoms with Crippen molar-refractivity contribution in [2.24, 2.45) is 7.05 Å². The maximum absolute atomic E-state index is 12.8. The minimum atomic E-state index is -0.971. The van der Waals surface area contributed by atoms with E-state index in [9.17, 15) is 14.7 Å². The molecule has 0 unspecified atom stereocenters. The molecule has 12 heteroatoms. The van der Waals surface area contributed by atoms with Gasteiger partial charge in [-0.25, -0.2) is 0 Å². The van der Waals surface area contributed by atoms with E-state index in [0.717, 1.165) is 16.5 Å². The molecule has 0 aliphatic rings. The van der Waals surface area contributed by atoms with Crippen molar-refractivity contribution in [2.45, 2.75) is 12.8 Å². The molecule has 0 bridgehead atoms. The third kappa shape index (κ3) is 4.77. The molecule has 0 atom stereocenters. The molecule has 10 nitrogen and oxygen atoms in total. The van der Waals surface area contributed by atoms with Crippen LogP contribution in [0.25, 0.3) is 21.5 Å². The van der Waals surface area contributed by atoms with E-state index in [2.05, 4.69) is 30.8 Å². The number of carbonyl (C=O) groups excluding carboxylic acids is 1. The second kappa shape index (κ2) is 9.28. The first-order chi connectivity index (χ1) is 16.9. The largest absolute Gasteiger partial charge is 0.481 e. The maximum atomic E-state index is 12.8. The molecule has 0 aliphatic carbocycles. The van der Waals surface area contributed by atoms with Crippen molar-refractivity contribution in [1.82, 2.24) is 30.2 Å². The molecule has 0 saturated heterocycles. The number of carboxylic acid groups (broad SMARTS) is 1. The maximum Gasteiger partial charge on any atom is 0.307 e. The van der Waals surface area contributed by atoms with Crippen LogP contribution in [0.5, 0.6) is 0 Å². The number of hydrogen-bond acceptors (Lipinski definition) is 8. The highest BCUT2D eigenvalue weighted by Crippen LogP contribution is 2.35. The van der Waals surface area contributed by atoms with E-state index in [1.807, 2.05) is 12.1 Å². The first kappa shape index (κ1) is 22.7. The lowest BCUT2D eigenvalue weighted by molar-refractivity contribution is -0.136. The van der Waals surface area contributed by atoms with Gasteiger partial charge in [-0.2, -0.15) is 10.2 Å². The molecular formula is C23H18ClN7O3S. The van der Waals surface area contributed by atoms with Crippen molar-refractivity contribution in [1.29, 1.82) is 0 Å². The van der Waals surface area contributed by atoms with Crippen LogP contribution in [-0.4, -0.2) is 47.0 Å². The van der Waals surface area contributed by atoms with Gasteiger partial charge in [0, 0.05) is 30.6 Å². The number of aromatic nitrogens is 6. The van der Waals surface area contributed by atoms with Gasteiger partial charge >= 0.3 is 5.97 Å². The molecule has 3 aromatic heterocycles. The van der Waals surface area contributed by atoms with Crippen molar-refractivity contribution < 1.29 is 14.7 Å². The number of nitrogens with zero attached hydrogens (tertiary/aromatic N) is 5. The molecule has 3 N–H and O–H groups in total. The molecule has 2 aromatic carbocycles. The number of hydrogen-bond donors (Lipinski definition) is 3. The zero-order chi connectivity index (χ0) is 24.5. The summed E-state index contributed by atoms with van der Waals surface area (Å²) >= 11 is 7.80. The molecule has 35 heavy (non-hydrogen) atoms. The second-order valence-corrected chi connectivity index (χ2v) is 9.21. The monoisotopic (exact) mass is 507 g/mol. The fourth-order valence-electron chi connectivity index (χ4n) is 3.68. The van der Waals surface area contributed by atoms with Gasteiger partial charge in [-0.3, -0.25) is 19.4 Å². The Morgan fingerprint density at radius 1 is 1.14 bits per heavy atom. The minimum absolute atomic E-state index is 0.0480. The number of benzene rings is 2. The number of rotatable bonds is 8. The summed E-state index contributed by atoms with van der Waals surface area (Å²) in [6.45, 7) is 0. The number of anilines is 2. The summed E-state index contributed by atoms with van der Waals surface area (Å²) in [5, 5.41) is 34.3. The number of aromatic amines is 1. The molecule has 5 rings (SSSR count). The highest BCUT2D eigenvalue weighted by atomic mass is 35.5. The standard InChI is InChI=1S/C23H18ClN7O3S/c1-31-11-15(9-26-31)19(32)7-14-6-13(3-2-12(14)8-20(33)34)22-29-30-23(35-22)27-18-5-4-17-16(21(18)24)10-25-28-17/h2-6,9-11H,7-8H2,1H3,(H,25,28)(H,27,30)(H,33,34). The molecule has 5 aromatic rings. The van der Waals surface area contributed by atoms with Gasteiger partial charge in [0.25, 0.3) is 0 Å². The first-order valence-electron chi connectivity index (χ1n) is 10.5. The zero-order valence-electron chi connectivity index (χ0n) is 18.3. The van der Waals surface area contributed by atoms with Crippen molar-refractivity contribution in [3.05, 3.63) is 70.6 Å². The Morgan fingerprint density at radius 3 is 2.77 bits per heavy atom. The van der Waals surface area contributed by atoms with Crippen LogP contribution in [0, 0.1) is 0 Å². The lowest BCUT2D eigenvalue weighted by Gasteiger charge is -2.09. The number of ketones is 1. The number of H-pyrrole nitrogens is 1. The first-order valence-corrected chi connectivity index (χ1v) is 11.6. The van der Waals surface area contributed by atoms with Crippen LogP contribution >= 0.6 is 22.9 Å². The Morgan fingerprint density at radius 2 is 2.00 bits per heavy atom. The Balaban J connectivity index is 1.42. The lowest BCUT2D eigenvalue weighted by atomic mass is 9.96. The second-order valence-electron chi connectivity index (χ2n) is 7.85. The summed E-state index contributed by atoms with van der Waals surface area (Å²) in [6, 6.07) is 8.98. The van der Waals surface area contributed by atoms with E-state index in [4.69, 9.17) is 11.6 Å². The van der Waals surface area contributed by atoms with Crippen LogP contribution in [0.2, 0.25) is 5.02 Å². The molecular weight excluding hydrogens is 490 g/mol. The van der Waals surface area contributed by atoms with Crippen LogP contribution in [0.4, 0.5) is 10.8 Å². The Kier molecular flexibility index (Phi) is 6.01. The van der Waals surface area contributed by atoms with Crippen LogP contribution in [0.1, 0.15) is 21.5 Å². The van der Waals surface area contributed by atoms with E-state index < -0.39 is 5.97 Å². The van der Waals surface area contributed by atoms with Crippen molar-refractivity contribution >= 4 is 56.4 Å². The Labute approximate surface area is 207 Å². The van der Waals surface area contributed by atoms with Crippen LogP contribution in [0.15, 0.2) is 48.9 Å². The number of carboxylic acids is 1. The van der Waals surface area contributed by atoms with Crippen LogP contribution in [0.3, 0.4) is 0 Å². The zero-order valence-corrected chi connectivity index (χ0v) is 19.9. The lowest BCUT2D eigenvalue weighted by Crippen LogP contribution is -2.09. The molecule has 0 amide bonds. The van der Waals surface area contributed by atoms with E-state index in [1.54, 1.807) is 42.3 Å². The summed E-state index contributed by atoms with van der Waals surface area (Å²) < 4.78 is 1.55. The van der Waals surface area contributed by atoms with E-state index >= 15 is 0 Å². The number of aryl methyl sites for hydroxylation is 1. The molecule has 0 saturated carbocycles. The Bertz CT molecular complexity index is 1570. The van der Waals surface area contributed by atoms with E-state index in [0.29, 0.717) is 37.5 Å². The third-order valence-electron chi connectivity index (χ3n) is 5.40. The van der Waals surface area contributed by atoms with Gasteiger partial charge in [-0.05, 0) is 29.3 Å². The van der Waals surface area contributed by atoms with E-state index in [-0.39, 0.29) is 18.6 Å². The molecule has 0 fully saturated rings.